The zero-order valence-corrected chi connectivity index (χ0v) is 12.2. The Morgan fingerprint density at radius 1 is 1.38 bits per heavy atom. The number of aryl methyl sites for hydroxylation is 1. The maximum Gasteiger partial charge on any atom is 0.160 e. The quantitative estimate of drug-likeness (QED) is 0.756. The Kier molecular flexibility index (Phi) is 3.39. The molecule has 0 radical (unpaired) electrons. The van der Waals surface area contributed by atoms with Crippen molar-refractivity contribution in [1.82, 2.24) is 14.5 Å². The molecule has 0 saturated heterocycles. The fourth-order valence-electron chi connectivity index (χ4n) is 2.27. The van der Waals surface area contributed by atoms with E-state index in [2.05, 4.69) is 9.97 Å². The Bertz CT molecular complexity index is 841. The van der Waals surface area contributed by atoms with Gasteiger partial charge in [-0.1, -0.05) is 24.4 Å². The molecule has 3 rings (SSSR count). The molecule has 0 amide bonds. The Balaban J connectivity index is 2.30. The van der Waals surface area contributed by atoms with Crippen LogP contribution in [0.25, 0.3) is 22.6 Å². The number of rotatable bonds is 3. The van der Waals surface area contributed by atoms with E-state index < -0.39 is 0 Å². The summed E-state index contributed by atoms with van der Waals surface area (Å²) in [5.41, 5.74) is 8.39. The predicted molar refractivity (Wildman–Crippen MR) is 84.4 cm³/mol. The van der Waals surface area contributed by atoms with Gasteiger partial charge in [-0.25, -0.2) is 14.4 Å². The van der Waals surface area contributed by atoms with Crippen LogP contribution in [0.2, 0.25) is 0 Å². The standard InChI is InChI=1S/C15H13FN4S/c1-9-6-12-15(18-7-9)20(8-13(17)21)14(19-12)10-4-2-3-5-11(10)16/h2-7H,8H2,1H3,(H2,17,21). The van der Waals surface area contributed by atoms with E-state index in [1.165, 1.54) is 6.07 Å². The first-order valence-electron chi connectivity index (χ1n) is 6.42. The molecule has 2 N–H and O–H groups in total. The molecule has 0 bridgehead atoms. The van der Waals surface area contributed by atoms with Crippen molar-refractivity contribution < 1.29 is 4.39 Å². The summed E-state index contributed by atoms with van der Waals surface area (Å²) in [6, 6.07) is 8.39. The third kappa shape index (κ3) is 2.50. The SMILES string of the molecule is Cc1cnc2c(c1)nc(-c1ccccc1F)n2CC(N)=S. The second kappa shape index (κ2) is 5.21. The average Bonchev–Trinajstić information content (AvgIpc) is 2.76. The van der Waals surface area contributed by atoms with E-state index >= 15 is 0 Å². The van der Waals surface area contributed by atoms with Gasteiger partial charge in [0.05, 0.1) is 17.1 Å². The van der Waals surface area contributed by atoms with Crippen molar-refractivity contribution in [2.45, 2.75) is 13.5 Å². The van der Waals surface area contributed by atoms with Crippen molar-refractivity contribution >= 4 is 28.4 Å². The van der Waals surface area contributed by atoms with E-state index in [1.54, 1.807) is 29.0 Å². The van der Waals surface area contributed by atoms with Gasteiger partial charge in [0.25, 0.3) is 0 Å². The summed E-state index contributed by atoms with van der Waals surface area (Å²) in [5.74, 6) is 0.141. The van der Waals surface area contributed by atoms with Crippen LogP contribution in [-0.2, 0) is 6.54 Å². The van der Waals surface area contributed by atoms with Gasteiger partial charge in [0.2, 0.25) is 0 Å². The maximum atomic E-state index is 14.1. The highest BCUT2D eigenvalue weighted by molar-refractivity contribution is 7.80. The Morgan fingerprint density at radius 2 is 2.14 bits per heavy atom. The lowest BCUT2D eigenvalue weighted by Gasteiger charge is -2.08. The van der Waals surface area contributed by atoms with Gasteiger partial charge in [-0.3, -0.25) is 0 Å². The normalized spacial score (nSPS) is 11.0. The summed E-state index contributed by atoms with van der Waals surface area (Å²) in [4.78, 5) is 9.18. The minimum absolute atomic E-state index is 0.269. The molecule has 0 spiro atoms. The molecule has 106 valence electrons. The van der Waals surface area contributed by atoms with Crippen LogP contribution in [-0.4, -0.2) is 19.5 Å². The third-order valence-electron chi connectivity index (χ3n) is 3.15. The number of aromatic nitrogens is 3. The van der Waals surface area contributed by atoms with Gasteiger partial charge < -0.3 is 10.3 Å². The third-order valence-corrected chi connectivity index (χ3v) is 3.28. The molecule has 0 aliphatic carbocycles. The van der Waals surface area contributed by atoms with Crippen molar-refractivity contribution in [3.8, 4) is 11.4 Å². The highest BCUT2D eigenvalue weighted by Crippen LogP contribution is 2.26. The molecule has 0 fully saturated rings. The van der Waals surface area contributed by atoms with Crippen LogP contribution in [0.4, 0.5) is 4.39 Å². The lowest BCUT2D eigenvalue weighted by Crippen LogP contribution is -2.17. The van der Waals surface area contributed by atoms with Gasteiger partial charge in [0, 0.05) is 6.20 Å². The topological polar surface area (TPSA) is 56.7 Å². The van der Waals surface area contributed by atoms with Crippen LogP contribution in [0, 0.1) is 12.7 Å². The molecular formula is C15H13FN4S. The zero-order valence-electron chi connectivity index (χ0n) is 11.4. The van der Waals surface area contributed by atoms with Crippen molar-refractivity contribution in [1.29, 1.82) is 0 Å². The van der Waals surface area contributed by atoms with Crippen LogP contribution in [0.3, 0.4) is 0 Å². The summed E-state index contributed by atoms with van der Waals surface area (Å²) < 4.78 is 15.8. The summed E-state index contributed by atoms with van der Waals surface area (Å²) in [6.45, 7) is 2.20. The number of hydrogen-bond acceptors (Lipinski definition) is 3. The molecule has 6 heteroatoms. The fourth-order valence-corrected chi connectivity index (χ4v) is 2.39. The molecule has 0 unspecified atom stereocenters. The van der Waals surface area contributed by atoms with Crippen LogP contribution in [0.1, 0.15) is 5.56 Å². The summed E-state index contributed by atoms with van der Waals surface area (Å²) >= 11 is 4.98. The molecule has 3 aromatic rings. The van der Waals surface area contributed by atoms with E-state index in [0.29, 0.717) is 27.5 Å². The van der Waals surface area contributed by atoms with Gasteiger partial charge in [-0.2, -0.15) is 0 Å². The number of nitrogens with two attached hydrogens (primary N) is 1. The predicted octanol–water partition coefficient (Wildman–Crippen LogP) is 2.83. The number of pyridine rings is 1. The number of hydrogen-bond donors (Lipinski definition) is 1. The minimum Gasteiger partial charge on any atom is -0.392 e. The van der Waals surface area contributed by atoms with Crippen molar-refractivity contribution in [3.05, 3.63) is 47.9 Å². The Hall–Kier alpha value is -2.34. The molecule has 1 aromatic carbocycles. The minimum atomic E-state index is -0.339. The van der Waals surface area contributed by atoms with Crippen LogP contribution < -0.4 is 5.73 Å². The molecular weight excluding hydrogens is 287 g/mol. The summed E-state index contributed by atoms with van der Waals surface area (Å²) in [6.07, 6.45) is 1.74. The Labute approximate surface area is 126 Å². The van der Waals surface area contributed by atoms with Crippen LogP contribution >= 0.6 is 12.2 Å². The lowest BCUT2D eigenvalue weighted by molar-refractivity contribution is 0.628. The average molecular weight is 300 g/mol. The van der Waals surface area contributed by atoms with Gasteiger partial charge in [0.15, 0.2) is 5.65 Å². The summed E-state index contributed by atoms with van der Waals surface area (Å²) in [5, 5.41) is 0. The van der Waals surface area contributed by atoms with Gasteiger partial charge in [-0.15, -0.1) is 0 Å². The first-order chi connectivity index (χ1) is 10.1. The second-order valence-electron chi connectivity index (χ2n) is 4.82. The largest absolute Gasteiger partial charge is 0.392 e. The maximum absolute atomic E-state index is 14.1. The van der Waals surface area contributed by atoms with Gasteiger partial charge >= 0.3 is 0 Å². The molecule has 2 aromatic heterocycles. The van der Waals surface area contributed by atoms with Crippen molar-refractivity contribution in [2.75, 3.05) is 0 Å². The van der Waals surface area contributed by atoms with E-state index in [9.17, 15) is 4.39 Å². The first kappa shape index (κ1) is 13.6. The number of fused-ring (bicyclic) bond motifs is 1. The highest BCUT2D eigenvalue weighted by Gasteiger charge is 2.16. The molecule has 4 nitrogen and oxygen atoms in total. The molecule has 21 heavy (non-hydrogen) atoms. The summed E-state index contributed by atoms with van der Waals surface area (Å²) in [7, 11) is 0. The molecule has 2 heterocycles. The second-order valence-corrected chi connectivity index (χ2v) is 5.35. The lowest BCUT2D eigenvalue weighted by atomic mass is 10.2. The van der Waals surface area contributed by atoms with E-state index in [0.717, 1.165) is 5.56 Å². The van der Waals surface area contributed by atoms with E-state index in [4.69, 9.17) is 18.0 Å². The fraction of sp³-hybridized carbons (Fsp3) is 0.133. The number of benzene rings is 1. The monoisotopic (exact) mass is 300 g/mol. The van der Waals surface area contributed by atoms with E-state index in [1.807, 2.05) is 13.0 Å². The Morgan fingerprint density at radius 3 is 2.86 bits per heavy atom. The van der Waals surface area contributed by atoms with Crippen molar-refractivity contribution in [3.63, 3.8) is 0 Å². The smallest absolute Gasteiger partial charge is 0.160 e. The van der Waals surface area contributed by atoms with Gasteiger partial charge in [-0.05, 0) is 30.7 Å². The van der Waals surface area contributed by atoms with Crippen molar-refractivity contribution in [2.24, 2.45) is 5.73 Å². The zero-order chi connectivity index (χ0) is 15.0. The highest BCUT2D eigenvalue weighted by atomic mass is 32.1. The number of imidazole rings is 1. The molecule has 0 aliphatic heterocycles. The molecule has 0 atom stereocenters. The number of halogens is 1. The van der Waals surface area contributed by atoms with E-state index in [-0.39, 0.29) is 12.4 Å². The van der Waals surface area contributed by atoms with Crippen LogP contribution in [0.5, 0.6) is 0 Å². The number of thiocarbonyl (C=S) groups is 1. The first-order valence-corrected chi connectivity index (χ1v) is 6.83. The van der Waals surface area contributed by atoms with Gasteiger partial charge in [0.1, 0.15) is 17.2 Å². The molecule has 0 aliphatic rings. The van der Waals surface area contributed by atoms with Crippen LogP contribution in [0.15, 0.2) is 36.5 Å². The number of nitrogens with zero attached hydrogens (tertiary/aromatic N) is 3. The molecule has 0 saturated carbocycles.